The number of hydrogen-bond acceptors (Lipinski definition) is 3. The fourth-order valence-electron chi connectivity index (χ4n) is 2.88. The number of rotatable bonds is 5. The number of hydrogen-bond donors (Lipinski definition) is 1. The van der Waals surface area contributed by atoms with Crippen molar-refractivity contribution in [2.24, 2.45) is 0 Å². The number of alkyl halides is 1. The minimum absolute atomic E-state index is 0.0802. The van der Waals surface area contributed by atoms with Crippen LogP contribution in [-0.2, 0) is 13.2 Å². The van der Waals surface area contributed by atoms with Crippen LogP contribution in [0.1, 0.15) is 59.4 Å². The number of aromatic amines is 1. The van der Waals surface area contributed by atoms with Gasteiger partial charge in [0.2, 0.25) is 5.78 Å². The SMILES string of the molecule is CCn1c(C(=O)c2cc(C)cc(CF)c2)c(C(C)C)c(=O)[nH]c1=O. The van der Waals surface area contributed by atoms with Crippen LogP contribution in [0.4, 0.5) is 4.39 Å². The van der Waals surface area contributed by atoms with E-state index in [0.29, 0.717) is 5.56 Å². The Morgan fingerprint density at radius 3 is 2.46 bits per heavy atom. The Morgan fingerprint density at radius 1 is 1.25 bits per heavy atom. The topological polar surface area (TPSA) is 71.9 Å². The predicted octanol–water partition coefficient (Wildman–Crippen LogP) is 2.69. The lowest BCUT2D eigenvalue weighted by Crippen LogP contribution is -2.37. The zero-order valence-electron chi connectivity index (χ0n) is 14.3. The maximum absolute atomic E-state index is 13.0. The fourth-order valence-corrected chi connectivity index (χ4v) is 2.88. The number of aromatic nitrogens is 2. The lowest BCUT2D eigenvalue weighted by molar-refractivity contribution is 0.102. The van der Waals surface area contributed by atoms with Crippen LogP contribution in [0, 0.1) is 6.92 Å². The van der Waals surface area contributed by atoms with Gasteiger partial charge >= 0.3 is 5.69 Å². The first-order valence-corrected chi connectivity index (χ1v) is 7.88. The molecule has 0 atom stereocenters. The summed E-state index contributed by atoms with van der Waals surface area (Å²) in [5, 5.41) is 0. The molecule has 0 spiro atoms. The zero-order valence-corrected chi connectivity index (χ0v) is 14.3. The highest BCUT2D eigenvalue weighted by molar-refractivity contribution is 6.09. The number of ketones is 1. The van der Waals surface area contributed by atoms with Gasteiger partial charge in [0.25, 0.3) is 5.56 Å². The molecular formula is C18H21FN2O3. The van der Waals surface area contributed by atoms with Gasteiger partial charge in [-0.25, -0.2) is 9.18 Å². The van der Waals surface area contributed by atoms with Crippen LogP contribution in [0.2, 0.25) is 0 Å². The highest BCUT2D eigenvalue weighted by Crippen LogP contribution is 2.20. The number of carbonyl (C=O) groups excluding carboxylic acids is 1. The molecule has 0 bridgehead atoms. The van der Waals surface area contributed by atoms with Gasteiger partial charge in [-0.3, -0.25) is 19.1 Å². The molecule has 1 heterocycles. The molecule has 0 amide bonds. The molecule has 0 saturated heterocycles. The van der Waals surface area contributed by atoms with Crippen molar-refractivity contribution in [3.8, 4) is 0 Å². The number of nitrogens with one attached hydrogen (secondary N) is 1. The maximum atomic E-state index is 13.0. The van der Waals surface area contributed by atoms with E-state index < -0.39 is 23.7 Å². The minimum Gasteiger partial charge on any atom is -0.290 e. The van der Waals surface area contributed by atoms with Crippen molar-refractivity contribution in [1.29, 1.82) is 0 Å². The second-order valence-electron chi connectivity index (χ2n) is 6.09. The van der Waals surface area contributed by atoms with E-state index in [1.165, 1.54) is 10.6 Å². The van der Waals surface area contributed by atoms with Crippen molar-refractivity contribution in [3.05, 3.63) is 67.0 Å². The molecule has 128 valence electrons. The van der Waals surface area contributed by atoms with Crippen LogP contribution in [0.15, 0.2) is 27.8 Å². The maximum Gasteiger partial charge on any atom is 0.328 e. The number of aryl methyl sites for hydroxylation is 1. The van der Waals surface area contributed by atoms with E-state index in [9.17, 15) is 18.8 Å². The van der Waals surface area contributed by atoms with Gasteiger partial charge in [0.05, 0.1) is 0 Å². The quantitative estimate of drug-likeness (QED) is 0.856. The van der Waals surface area contributed by atoms with Crippen LogP contribution in [0.3, 0.4) is 0 Å². The van der Waals surface area contributed by atoms with Gasteiger partial charge in [0.15, 0.2) is 0 Å². The first kappa shape index (κ1) is 17.8. The number of carbonyl (C=O) groups is 1. The normalized spacial score (nSPS) is 11.1. The number of H-pyrrole nitrogens is 1. The highest BCUT2D eigenvalue weighted by Gasteiger charge is 2.24. The largest absolute Gasteiger partial charge is 0.328 e. The van der Waals surface area contributed by atoms with Crippen molar-refractivity contribution in [2.75, 3.05) is 0 Å². The summed E-state index contributed by atoms with van der Waals surface area (Å²) in [6, 6.07) is 4.76. The van der Waals surface area contributed by atoms with E-state index in [-0.39, 0.29) is 29.3 Å². The molecule has 0 fully saturated rings. The van der Waals surface area contributed by atoms with Crippen LogP contribution in [0.25, 0.3) is 0 Å². The molecule has 0 saturated carbocycles. The second-order valence-corrected chi connectivity index (χ2v) is 6.09. The van der Waals surface area contributed by atoms with Crippen LogP contribution < -0.4 is 11.2 Å². The summed E-state index contributed by atoms with van der Waals surface area (Å²) in [6.07, 6.45) is 0. The first-order chi connectivity index (χ1) is 11.3. The van der Waals surface area contributed by atoms with Crippen LogP contribution in [-0.4, -0.2) is 15.3 Å². The lowest BCUT2D eigenvalue weighted by atomic mass is 9.95. The van der Waals surface area contributed by atoms with Crippen molar-refractivity contribution in [1.82, 2.24) is 9.55 Å². The average Bonchev–Trinajstić information content (AvgIpc) is 2.52. The number of benzene rings is 1. The first-order valence-electron chi connectivity index (χ1n) is 7.88. The molecule has 1 aromatic heterocycles. The molecule has 0 aliphatic heterocycles. The second kappa shape index (κ2) is 6.95. The summed E-state index contributed by atoms with van der Waals surface area (Å²) in [7, 11) is 0. The van der Waals surface area contributed by atoms with E-state index in [1.807, 2.05) is 0 Å². The Labute approximate surface area is 139 Å². The Kier molecular flexibility index (Phi) is 5.17. The predicted molar refractivity (Wildman–Crippen MR) is 90.5 cm³/mol. The van der Waals surface area contributed by atoms with Crippen LogP contribution >= 0.6 is 0 Å². The molecule has 1 aromatic carbocycles. The summed E-state index contributed by atoms with van der Waals surface area (Å²) >= 11 is 0. The van der Waals surface area contributed by atoms with Gasteiger partial charge in [-0.05, 0) is 37.5 Å². The average molecular weight is 332 g/mol. The van der Waals surface area contributed by atoms with Gasteiger partial charge in [-0.1, -0.05) is 25.5 Å². The molecule has 2 aromatic rings. The third-order valence-corrected chi connectivity index (χ3v) is 3.90. The van der Waals surface area contributed by atoms with Crippen LogP contribution in [0.5, 0.6) is 0 Å². The molecule has 5 nitrogen and oxygen atoms in total. The van der Waals surface area contributed by atoms with Crippen molar-refractivity contribution >= 4 is 5.78 Å². The molecule has 0 aliphatic rings. The Balaban J connectivity index is 2.80. The molecule has 0 aliphatic carbocycles. The molecule has 2 rings (SSSR count). The number of nitrogens with zero attached hydrogens (tertiary/aromatic N) is 1. The van der Waals surface area contributed by atoms with Gasteiger partial charge in [-0.15, -0.1) is 0 Å². The van der Waals surface area contributed by atoms with Crippen molar-refractivity contribution in [2.45, 2.75) is 46.8 Å². The lowest BCUT2D eigenvalue weighted by Gasteiger charge is -2.16. The molecule has 24 heavy (non-hydrogen) atoms. The summed E-state index contributed by atoms with van der Waals surface area (Å²) < 4.78 is 14.3. The summed E-state index contributed by atoms with van der Waals surface area (Å²) in [6.45, 7) is 6.63. The van der Waals surface area contributed by atoms with Gasteiger partial charge in [-0.2, -0.15) is 0 Å². The standard InChI is InChI=1S/C18H21FN2O3/c1-5-21-15(14(10(2)3)17(23)20-18(21)24)16(22)13-7-11(4)6-12(8-13)9-19/h6-8,10H,5,9H2,1-4H3,(H,20,23,24). The third-order valence-electron chi connectivity index (χ3n) is 3.90. The molecule has 6 heteroatoms. The molecule has 1 N–H and O–H groups in total. The summed E-state index contributed by atoms with van der Waals surface area (Å²) in [5.74, 6) is -0.682. The number of halogens is 1. The van der Waals surface area contributed by atoms with E-state index in [4.69, 9.17) is 0 Å². The monoisotopic (exact) mass is 332 g/mol. The Morgan fingerprint density at radius 2 is 1.92 bits per heavy atom. The van der Waals surface area contributed by atoms with Gasteiger partial charge < -0.3 is 0 Å². The third kappa shape index (κ3) is 3.22. The van der Waals surface area contributed by atoms with Crippen molar-refractivity contribution in [3.63, 3.8) is 0 Å². The van der Waals surface area contributed by atoms with Gasteiger partial charge in [0.1, 0.15) is 12.4 Å². The van der Waals surface area contributed by atoms with E-state index in [0.717, 1.165) is 5.56 Å². The summed E-state index contributed by atoms with van der Waals surface area (Å²) in [5.41, 5.74) is 0.586. The van der Waals surface area contributed by atoms with E-state index in [1.54, 1.807) is 39.8 Å². The fraction of sp³-hybridized carbons (Fsp3) is 0.389. The Bertz CT molecular complexity index is 894. The highest BCUT2D eigenvalue weighted by atomic mass is 19.1. The molecule has 0 unspecified atom stereocenters. The van der Waals surface area contributed by atoms with Crippen molar-refractivity contribution < 1.29 is 9.18 Å². The zero-order chi connectivity index (χ0) is 18.0. The summed E-state index contributed by atoms with van der Waals surface area (Å²) in [4.78, 5) is 39.6. The molecule has 0 radical (unpaired) electrons. The Hall–Kier alpha value is -2.50. The smallest absolute Gasteiger partial charge is 0.290 e. The minimum atomic E-state index is -0.686. The van der Waals surface area contributed by atoms with E-state index >= 15 is 0 Å². The van der Waals surface area contributed by atoms with E-state index in [2.05, 4.69) is 4.98 Å². The molecular weight excluding hydrogens is 311 g/mol. The van der Waals surface area contributed by atoms with Gasteiger partial charge in [0, 0.05) is 17.7 Å².